The molecule has 1 aromatic rings. The van der Waals surface area contributed by atoms with Crippen molar-refractivity contribution in [2.24, 2.45) is 0 Å². The summed E-state index contributed by atoms with van der Waals surface area (Å²) in [5.74, 6) is -0.0744. The lowest BCUT2D eigenvalue weighted by Gasteiger charge is -2.24. The summed E-state index contributed by atoms with van der Waals surface area (Å²) in [7, 11) is -4.53. The minimum atomic E-state index is -4.53. The van der Waals surface area contributed by atoms with Crippen LogP contribution in [-0.4, -0.2) is 48.9 Å². The number of nitrogen functional groups attached to an aromatic ring is 1. The molecular formula is C10H15FN3O7P. The summed E-state index contributed by atoms with van der Waals surface area (Å²) in [6.45, 7) is 0.964. The predicted molar refractivity (Wildman–Crippen MR) is 70.3 cm³/mol. The zero-order chi connectivity index (χ0) is 16.7. The van der Waals surface area contributed by atoms with Crippen molar-refractivity contribution in [1.29, 1.82) is 0 Å². The lowest BCUT2D eigenvalue weighted by molar-refractivity contribution is -0.168. The third kappa shape index (κ3) is 3.35. The molecule has 0 saturated carbocycles. The van der Waals surface area contributed by atoms with Gasteiger partial charge in [0, 0.05) is 6.20 Å². The first-order valence-corrected chi connectivity index (χ1v) is 7.85. The maximum atomic E-state index is 14.6. The zero-order valence-electron chi connectivity index (χ0n) is 11.4. The molecule has 1 fully saturated rings. The number of nitrogens with two attached hydrogens (primary N) is 1. The molecule has 1 aliphatic heterocycles. The molecule has 12 heteroatoms. The van der Waals surface area contributed by atoms with Gasteiger partial charge in [0.2, 0.25) is 0 Å². The Balaban J connectivity index is 2.26. The van der Waals surface area contributed by atoms with Crippen molar-refractivity contribution in [3.8, 4) is 0 Å². The van der Waals surface area contributed by atoms with Crippen LogP contribution in [0.25, 0.3) is 0 Å². The monoisotopic (exact) mass is 339 g/mol. The molecule has 10 nitrogen and oxygen atoms in total. The Bertz CT molecular complexity index is 660. The van der Waals surface area contributed by atoms with Crippen molar-refractivity contribution in [1.82, 2.24) is 9.55 Å². The van der Waals surface area contributed by atoms with Crippen molar-refractivity contribution in [3.05, 3.63) is 22.7 Å². The maximum absolute atomic E-state index is 14.6. The molecule has 1 aliphatic rings. The first-order chi connectivity index (χ1) is 10.0. The van der Waals surface area contributed by atoms with E-state index in [0.717, 1.165) is 17.7 Å². The number of hydrogen-bond donors (Lipinski definition) is 4. The summed E-state index contributed by atoms with van der Waals surface area (Å²) in [6.07, 6.45) is -5.05. The van der Waals surface area contributed by atoms with Crippen molar-refractivity contribution in [2.75, 3.05) is 12.1 Å². The van der Waals surface area contributed by atoms with Crippen LogP contribution in [0.4, 0.5) is 10.2 Å². The predicted octanol–water partition coefficient (Wildman–Crippen LogP) is -1.08. The number of anilines is 1. The van der Waals surface area contributed by atoms with Gasteiger partial charge in [0.25, 0.3) is 0 Å². The van der Waals surface area contributed by atoms with Crippen LogP contribution in [0.2, 0.25) is 0 Å². The molecule has 1 saturated heterocycles. The number of halogens is 1. The van der Waals surface area contributed by atoms with Crippen molar-refractivity contribution in [3.63, 3.8) is 0 Å². The average Bonchev–Trinajstić information content (AvgIpc) is 2.59. The zero-order valence-corrected chi connectivity index (χ0v) is 12.3. The lowest BCUT2D eigenvalue weighted by atomic mass is 10.0. The number of aliphatic hydroxyl groups is 1. The van der Waals surface area contributed by atoms with Crippen LogP contribution in [0.3, 0.4) is 0 Å². The molecule has 0 spiro atoms. The number of aromatic nitrogens is 2. The number of rotatable bonds is 4. The first-order valence-electron chi connectivity index (χ1n) is 6.05. The quantitative estimate of drug-likeness (QED) is 0.501. The number of nitrogens with zero attached hydrogens (tertiary/aromatic N) is 2. The largest absolute Gasteiger partial charge is 0.384 e. The van der Waals surface area contributed by atoms with Crippen LogP contribution in [-0.2, 0) is 14.0 Å². The Kier molecular flexibility index (Phi) is 4.39. The lowest BCUT2D eigenvalue weighted by Crippen LogP contribution is -2.42. The van der Waals surface area contributed by atoms with Crippen LogP contribution in [0.5, 0.6) is 0 Å². The topological polar surface area (TPSA) is 157 Å². The van der Waals surface area contributed by atoms with Crippen molar-refractivity contribution < 1.29 is 33.3 Å². The van der Waals surface area contributed by atoms with Gasteiger partial charge in [-0.1, -0.05) is 0 Å². The van der Waals surface area contributed by atoms with Gasteiger partial charge in [0.05, 0.1) is 0 Å². The molecule has 0 aliphatic carbocycles. The van der Waals surface area contributed by atoms with E-state index < -0.39 is 43.9 Å². The molecule has 2 rings (SSSR count). The van der Waals surface area contributed by atoms with E-state index in [-0.39, 0.29) is 5.82 Å². The van der Waals surface area contributed by atoms with E-state index in [1.54, 1.807) is 0 Å². The third-order valence-electron chi connectivity index (χ3n) is 3.09. The smallest absolute Gasteiger partial charge is 0.351 e. The van der Waals surface area contributed by atoms with Gasteiger partial charge in [-0.15, -0.1) is 0 Å². The molecule has 0 amide bonds. The van der Waals surface area contributed by atoms with Gasteiger partial charge in [-0.25, -0.2) is 9.18 Å². The van der Waals surface area contributed by atoms with E-state index in [9.17, 15) is 18.9 Å². The minimum Gasteiger partial charge on any atom is -0.384 e. The van der Waals surface area contributed by atoms with Gasteiger partial charge in [-0.3, -0.25) is 9.13 Å². The van der Waals surface area contributed by atoms with E-state index in [2.05, 4.69) is 4.98 Å². The second-order valence-corrected chi connectivity index (χ2v) is 6.54. The van der Waals surface area contributed by atoms with Crippen LogP contribution in [0, 0.1) is 0 Å². The maximum Gasteiger partial charge on any atom is 0.351 e. The standard InChI is InChI=1S/C10H15FN3O7P/c1-10(11)6(15)7(20-4-22(17,18)19)21-8(10)14-3-2-5(12)13-9(14)16/h2-3,6-8,15H,4H2,1H3,(H2,12,13,16)(H2,17,18,19)/t6?,7-,8+,10+/m0/s1. The molecule has 22 heavy (non-hydrogen) atoms. The fourth-order valence-corrected chi connectivity index (χ4v) is 2.33. The van der Waals surface area contributed by atoms with Crippen LogP contribution in [0.15, 0.2) is 17.1 Å². The van der Waals surface area contributed by atoms with Gasteiger partial charge in [-0.2, -0.15) is 4.98 Å². The van der Waals surface area contributed by atoms with Gasteiger partial charge < -0.3 is 30.1 Å². The van der Waals surface area contributed by atoms with Crippen molar-refractivity contribution >= 4 is 13.4 Å². The Morgan fingerprint density at radius 2 is 2.27 bits per heavy atom. The highest BCUT2D eigenvalue weighted by Crippen LogP contribution is 2.43. The molecule has 5 N–H and O–H groups in total. The fraction of sp³-hybridized carbons (Fsp3) is 0.600. The van der Waals surface area contributed by atoms with E-state index >= 15 is 0 Å². The number of aliphatic hydroxyl groups excluding tert-OH is 1. The van der Waals surface area contributed by atoms with E-state index in [1.165, 1.54) is 6.07 Å². The van der Waals surface area contributed by atoms with E-state index in [0.29, 0.717) is 0 Å². The van der Waals surface area contributed by atoms with E-state index in [1.807, 2.05) is 0 Å². The normalized spacial score (nSPS) is 32.3. The highest BCUT2D eigenvalue weighted by molar-refractivity contribution is 7.51. The molecule has 0 bridgehead atoms. The molecule has 2 heterocycles. The van der Waals surface area contributed by atoms with Crippen LogP contribution < -0.4 is 11.4 Å². The number of alkyl halides is 1. The average molecular weight is 339 g/mol. The highest BCUT2D eigenvalue weighted by atomic mass is 31.2. The highest BCUT2D eigenvalue weighted by Gasteiger charge is 2.56. The second-order valence-electron chi connectivity index (χ2n) is 4.96. The summed E-state index contributed by atoms with van der Waals surface area (Å²) in [5.41, 5.74) is 1.96. The molecular weight excluding hydrogens is 324 g/mol. The molecule has 0 aromatic carbocycles. The summed E-state index contributed by atoms with van der Waals surface area (Å²) < 4.78 is 35.9. The molecule has 0 radical (unpaired) electrons. The second kappa shape index (κ2) is 5.69. The molecule has 1 unspecified atom stereocenters. The van der Waals surface area contributed by atoms with Gasteiger partial charge >= 0.3 is 13.3 Å². The summed E-state index contributed by atoms with van der Waals surface area (Å²) >= 11 is 0. The fourth-order valence-electron chi connectivity index (χ4n) is 1.99. The number of hydrogen-bond acceptors (Lipinski definition) is 7. The molecule has 124 valence electrons. The minimum absolute atomic E-state index is 0.0744. The van der Waals surface area contributed by atoms with Gasteiger partial charge in [0.1, 0.15) is 11.9 Å². The van der Waals surface area contributed by atoms with Crippen LogP contribution >= 0.6 is 7.60 Å². The number of ether oxygens (including phenoxy) is 2. The van der Waals surface area contributed by atoms with Gasteiger partial charge in [-0.05, 0) is 13.0 Å². The Labute approximate surface area is 123 Å². The Morgan fingerprint density at radius 3 is 2.82 bits per heavy atom. The van der Waals surface area contributed by atoms with Crippen molar-refractivity contribution in [2.45, 2.75) is 31.2 Å². The first kappa shape index (κ1) is 17.0. The van der Waals surface area contributed by atoms with Gasteiger partial charge in [0.15, 0.2) is 24.5 Å². The summed E-state index contributed by atoms with van der Waals surface area (Å²) in [5, 5.41) is 9.85. The van der Waals surface area contributed by atoms with E-state index in [4.69, 9.17) is 25.0 Å². The summed E-state index contributed by atoms with van der Waals surface area (Å²) in [4.78, 5) is 32.6. The third-order valence-corrected chi connectivity index (χ3v) is 3.58. The Hall–Kier alpha value is -1.36. The Morgan fingerprint density at radius 1 is 1.64 bits per heavy atom. The summed E-state index contributed by atoms with van der Waals surface area (Å²) in [6, 6.07) is 1.23. The molecule has 4 atom stereocenters. The molecule has 1 aromatic heterocycles. The SMILES string of the molecule is C[C@@]1(F)C(O)[C@@H](OCP(=O)(O)O)O[C@H]1n1ccc(N)nc1=O. The van der Waals surface area contributed by atoms with Crippen LogP contribution in [0.1, 0.15) is 13.2 Å².